The Bertz CT molecular complexity index is 1060. The molecule has 11 heteroatoms. The zero-order valence-electron chi connectivity index (χ0n) is 15.7. The number of hydrogen-bond acceptors (Lipinski definition) is 7. The number of benzene rings is 1. The van der Waals surface area contributed by atoms with Gasteiger partial charge in [0.2, 0.25) is 0 Å². The fourth-order valence-corrected chi connectivity index (χ4v) is 4.24. The fourth-order valence-electron chi connectivity index (χ4n) is 3.39. The number of rotatable bonds is 6. The molecule has 29 heavy (non-hydrogen) atoms. The maximum absolute atomic E-state index is 12.7. The van der Waals surface area contributed by atoms with Crippen molar-refractivity contribution in [1.29, 1.82) is 0 Å². The third-order valence-electron chi connectivity index (χ3n) is 4.87. The van der Waals surface area contributed by atoms with Crippen LogP contribution in [0.2, 0.25) is 0 Å². The van der Waals surface area contributed by atoms with Crippen molar-refractivity contribution in [2.45, 2.75) is 41.8 Å². The van der Waals surface area contributed by atoms with Crippen molar-refractivity contribution in [3.63, 3.8) is 0 Å². The van der Waals surface area contributed by atoms with Crippen LogP contribution in [0.25, 0.3) is 0 Å². The molecular weight excluding hydrogens is 394 g/mol. The zero-order valence-corrected chi connectivity index (χ0v) is 16.5. The minimum Gasteiger partial charge on any atom is -0.311 e. The van der Waals surface area contributed by atoms with Gasteiger partial charge < -0.3 is 9.88 Å². The van der Waals surface area contributed by atoms with Crippen molar-refractivity contribution in [2.24, 2.45) is 7.05 Å². The predicted molar refractivity (Wildman–Crippen MR) is 106 cm³/mol. The number of nitrogens with one attached hydrogen (secondary N) is 1. The second-order valence-electron chi connectivity index (χ2n) is 6.82. The smallest absolute Gasteiger partial charge is 0.284 e. The molecule has 1 saturated carbocycles. The molecule has 1 fully saturated rings. The quantitative estimate of drug-likeness (QED) is 0.485. The highest BCUT2D eigenvalue weighted by Crippen LogP contribution is 2.35. The van der Waals surface area contributed by atoms with Gasteiger partial charge in [0.25, 0.3) is 11.6 Å². The van der Waals surface area contributed by atoms with Gasteiger partial charge in [-0.3, -0.25) is 14.9 Å². The lowest BCUT2D eigenvalue weighted by Gasteiger charge is -2.14. The molecule has 0 radical (unpaired) electrons. The molecule has 2 aromatic heterocycles. The first-order chi connectivity index (χ1) is 14.0. The molecule has 0 aliphatic heterocycles. The van der Waals surface area contributed by atoms with Crippen molar-refractivity contribution in [3.8, 4) is 0 Å². The van der Waals surface area contributed by atoms with Crippen molar-refractivity contribution in [3.05, 3.63) is 52.5 Å². The summed E-state index contributed by atoms with van der Waals surface area (Å²) in [5.41, 5.74) is 0.0492. The second-order valence-corrected chi connectivity index (χ2v) is 7.83. The number of nitro groups is 1. The van der Waals surface area contributed by atoms with Crippen molar-refractivity contribution < 1.29 is 9.72 Å². The highest BCUT2D eigenvalue weighted by Gasteiger charge is 2.23. The van der Waals surface area contributed by atoms with Crippen molar-refractivity contribution in [1.82, 2.24) is 24.5 Å². The number of carbonyl (C=O) groups excluding carboxylic acids is 1. The molecular formula is C18H19N7O3S. The molecule has 3 aromatic rings. The SMILES string of the molecule is Cn1cnnc1Sc1ccc(C(=O)Nc2ccnn2C2CCCC2)cc1[N+](=O)[O-]. The number of aromatic nitrogens is 5. The van der Waals surface area contributed by atoms with E-state index in [1.807, 2.05) is 4.68 Å². The Morgan fingerprint density at radius 3 is 2.79 bits per heavy atom. The molecule has 1 aromatic carbocycles. The Morgan fingerprint density at radius 2 is 2.10 bits per heavy atom. The fraction of sp³-hybridized carbons (Fsp3) is 0.333. The summed E-state index contributed by atoms with van der Waals surface area (Å²) in [6.45, 7) is 0. The van der Waals surface area contributed by atoms with E-state index in [0.29, 0.717) is 15.9 Å². The molecule has 1 aliphatic rings. The number of nitrogens with zero attached hydrogens (tertiary/aromatic N) is 6. The predicted octanol–water partition coefficient (Wildman–Crippen LogP) is 3.44. The molecule has 0 unspecified atom stereocenters. The van der Waals surface area contributed by atoms with Gasteiger partial charge >= 0.3 is 0 Å². The molecule has 0 saturated heterocycles. The molecule has 1 aliphatic carbocycles. The number of hydrogen-bond donors (Lipinski definition) is 1. The first-order valence-corrected chi connectivity index (χ1v) is 9.99. The largest absolute Gasteiger partial charge is 0.311 e. The number of carbonyl (C=O) groups is 1. The standard InChI is InChI=1S/C18H19N7O3S/c1-23-11-19-22-18(23)29-15-7-6-12(10-14(15)25(27)28)17(26)21-16-8-9-20-24(16)13-4-2-3-5-13/h6-11,13H,2-5H2,1H3,(H,21,26). The molecule has 4 rings (SSSR count). The Kier molecular flexibility index (Phi) is 5.30. The van der Waals surface area contributed by atoms with E-state index in [1.165, 1.54) is 12.4 Å². The van der Waals surface area contributed by atoms with E-state index in [-0.39, 0.29) is 17.3 Å². The van der Waals surface area contributed by atoms with E-state index in [0.717, 1.165) is 37.4 Å². The minimum atomic E-state index is -0.502. The number of amides is 1. The van der Waals surface area contributed by atoms with Gasteiger partial charge in [0, 0.05) is 24.7 Å². The molecule has 0 bridgehead atoms. The van der Waals surface area contributed by atoms with Crippen LogP contribution in [0.4, 0.5) is 11.5 Å². The molecule has 0 atom stereocenters. The molecule has 1 N–H and O–H groups in total. The van der Waals surface area contributed by atoms with Gasteiger partial charge in [0.15, 0.2) is 5.16 Å². The summed E-state index contributed by atoms with van der Waals surface area (Å²) in [6.07, 6.45) is 7.53. The molecule has 150 valence electrons. The Morgan fingerprint density at radius 1 is 1.31 bits per heavy atom. The van der Waals surface area contributed by atoms with Crippen LogP contribution in [-0.2, 0) is 7.05 Å². The average Bonchev–Trinajstić information content (AvgIpc) is 3.44. The average molecular weight is 413 g/mol. The van der Waals surface area contributed by atoms with Crippen LogP contribution in [0.3, 0.4) is 0 Å². The van der Waals surface area contributed by atoms with Crippen LogP contribution in [0.15, 0.2) is 46.8 Å². The van der Waals surface area contributed by atoms with Gasteiger partial charge in [0.1, 0.15) is 12.1 Å². The van der Waals surface area contributed by atoms with Gasteiger partial charge in [0.05, 0.1) is 22.1 Å². The van der Waals surface area contributed by atoms with Crippen molar-refractivity contribution >= 4 is 29.2 Å². The Balaban J connectivity index is 1.56. The highest BCUT2D eigenvalue weighted by atomic mass is 32.2. The maximum atomic E-state index is 12.7. The Hall–Kier alpha value is -3.21. The third kappa shape index (κ3) is 3.99. The molecule has 10 nitrogen and oxygen atoms in total. The van der Waals surface area contributed by atoms with Gasteiger partial charge in [-0.1, -0.05) is 12.8 Å². The molecule has 1 amide bonds. The van der Waals surface area contributed by atoms with E-state index in [2.05, 4.69) is 20.6 Å². The number of anilines is 1. The zero-order chi connectivity index (χ0) is 20.4. The van der Waals surface area contributed by atoms with Gasteiger partial charge in [-0.05, 0) is 36.7 Å². The second kappa shape index (κ2) is 8.03. The summed E-state index contributed by atoms with van der Waals surface area (Å²) in [5.74, 6) is 0.185. The molecule has 0 spiro atoms. The normalized spacial score (nSPS) is 14.2. The summed E-state index contributed by atoms with van der Waals surface area (Å²) in [5, 5.41) is 26.9. The topological polar surface area (TPSA) is 121 Å². The third-order valence-corrected chi connectivity index (χ3v) is 5.99. The minimum absolute atomic E-state index is 0.157. The molecule has 2 heterocycles. The van der Waals surface area contributed by atoms with Crippen LogP contribution in [0.5, 0.6) is 0 Å². The van der Waals surface area contributed by atoms with Crippen molar-refractivity contribution in [2.75, 3.05) is 5.32 Å². The first kappa shape index (κ1) is 19.1. The van der Waals surface area contributed by atoms with Gasteiger partial charge in [-0.15, -0.1) is 10.2 Å². The Labute approximate surface area is 170 Å². The maximum Gasteiger partial charge on any atom is 0.284 e. The van der Waals surface area contributed by atoms with E-state index < -0.39 is 10.8 Å². The van der Waals surface area contributed by atoms with E-state index >= 15 is 0 Å². The van der Waals surface area contributed by atoms with E-state index in [4.69, 9.17) is 0 Å². The van der Waals surface area contributed by atoms with E-state index in [1.54, 1.807) is 36.0 Å². The lowest BCUT2D eigenvalue weighted by molar-refractivity contribution is -0.387. The van der Waals surface area contributed by atoms with Crippen LogP contribution < -0.4 is 5.32 Å². The van der Waals surface area contributed by atoms with Crippen LogP contribution >= 0.6 is 11.8 Å². The number of aryl methyl sites for hydroxylation is 1. The summed E-state index contributed by atoms with van der Waals surface area (Å²) in [7, 11) is 1.75. The van der Waals surface area contributed by atoms with Crippen LogP contribution in [0, 0.1) is 10.1 Å². The lowest BCUT2D eigenvalue weighted by Crippen LogP contribution is -2.17. The van der Waals surface area contributed by atoms with Gasteiger partial charge in [-0.25, -0.2) is 4.68 Å². The summed E-state index contributed by atoms with van der Waals surface area (Å²) in [4.78, 5) is 24.2. The summed E-state index contributed by atoms with van der Waals surface area (Å²) in [6, 6.07) is 6.42. The first-order valence-electron chi connectivity index (χ1n) is 9.18. The van der Waals surface area contributed by atoms with E-state index in [9.17, 15) is 14.9 Å². The summed E-state index contributed by atoms with van der Waals surface area (Å²) >= 11 is 1.12. The van der Waals surface area contributed by atoms with Crippen LogP contribution in [0.1, 0.15) is 42.1 Å². The lowest BCUT2D eigenvalue weighted by atomic mass is 10.2. The van der Waals surface area contributed by atoms with Crippen LogP contribution in [-0.4, -0.2) is 35.4 Å². The summed E-state index contributed by atoms with van der Waals surface area (Å²) < 4.78 is 3.50. The highest BCUT2D eigenvalue weighted by molar-refractivity contribution is 7.99. The van der Waals surface area contributed by atoms with Gasteiger partial charge in [-0.2, -0.15) is 5.10 Å². The monoisotopic (exact) mass is 413 g/mol. The number of nitro benzene ring substituents is 1.